The summed E-state index contributed by atoms with van der Waals surface area (Å²) in [5, 5.41) is 0. The molecule has 0 spiro atoms. The van der Waals surface area contributed by atoms with E-state index in [-0.39, 0.29) is 17.9 Å². The SMILES string of the molecule is COC(=O)[C@H]1CC=C2CCCCC2[C@]1(C)C(=O)OC. The average molecular weight is 266 g/mol. The third-order valence-electron chi connectivity index (χ3n) is 4.83. The van der Waals surface area contributed by atoms with Crippen molar-refractivity contribution in [3.05, 3.63) is 11.6 Å². The van der Waals surface area contributed by atoms with Crippen LogP contribution in [-0.2, 0) is 19.1 Å². The van der Waals surface area contributed by atoms with Crippen LogP contribution in [0.1, 0.15) is 39.0 Å². The molecule has 0 N–H and O–H groups in total. The molecule has 2 aliphatic rings. The minimum atomic E-state index is -0.785. The smallest absolute Gasteiger partial charge is 0.313 e. The maximum Gasteiger partial charge on any atom is 0.313 e. The highest BCUT2D eigenvalue weighted by atomic mass is 16.5. The summed E-state index contributed by atoms with van der Waals surface area (Å²) >= 11 is 0. The molecule has 0 aliphatic heterocycles. The number of esters is 2. The molecular formula is C15H22O4. The van der Waals surface area contributed by atoms with Crippen LogP contribution in [-0.4, -0.2) is 26.2 Å². The second kappa shape index (κ2) is 5.35. The van der Waals surface area contributed by atoms with E-state index in [9.17, 15) is 9.59 Å². The van der Waals surface area contributed by atoms with E-state index >= 15 is 0 Å². The molecule has 0 amide bonds. The van der Waals surface area contributed by atoms with Gasteiger partial charge < -0.3 is 9.47 Å². The Hall–Kier alpha value is -1.32. The lowest BCUT2D eigenvalue weighted by Crippen LogP contribution is -2.50. The van der Waals surface area contributed by atoms with Crippen LogP contribution in [0.3, 0.4) is 0 Å². The molecule has 0 radical (unpaired) electrons. The van der Waals surface area contributed by atoms with Gasteiger partial charge in [0.05, 0.1) is 25.6 Å². The maximum absolute atomic E-state index is 12.3. The highest BCUT2D eigenvalue weighted by Crippen LogP contribution is 2.51. The predicted octanol–water partition coefficient (Wildman–Crippen LogP) is 2.48. The number of rotatable bonds is 2. The van der Waals surface area contributed by atoms with E-state index in [1.807, 2.05) is 6.92 Å². The lowest BCUT2D eigenvalue weighted by atomic mass is 9.57. The second-order valence-corrected chi connectivity index (χ2v) is 5.66. The van der Waals surface area contributed by atoms with Crippen molar-refractivity contribution < 1.29 is 19.1 Å². The Bertz CT molecular complexity index is 412. The molecule has 106 valence electrons. The fourth-order valence-electron chi connectivity index (χ4n) is 3.71. The summed E-state index contributed by atoms with van der Waals surface area (Å²) < 4.78 is 9.88. The number of hydrogen-bond donors (Lipinski definition) is 0. The summed E-state index contributed by atoms with van der Waals surface area (Å²) in [6, 6.07) is 0. The summed E-state index contributed by atoms with van der Waals surface area (Å²) in [5.41, 5.74) is 0.533. The van der Waals surface area contributed by atoms with Gasteiger partial charge in [0.2, 0.25) is 0 Å². The van der Waals surface area contributed by atoms with Crippen LogP contribution in [0.5, 0.6) is 0 Å². The molecule has 0 aromatic heterocycles. The summed E-state index contributed by atoms with van der Waals surface area (Å²) in [5.74, 6) is -0.919. The number of ether oxygens (including phenoxy) is 2. The van der Waals surface area contributed by atoms with E-state index in [4.69, 9.17) is 9.47 Å². The zero-order valence-electron chi connectivity index (χ0n) is 11.9. The third kappa shape index (κ3) is 2.17. The Balaban J connectivity index is 2.42. The number of fused-ring (bicyclic) bond motifs is 1. The molecule has 2 rings (SSSR count). The van der Waals surface area contributed by atoms with Crippen LogP contribution in [0.15, 0.2) is 11.6 Å². The van der Waals surface area contributed by atoms with Gasteiger partial charge in [-0.25, -0.2) is 0 Å². The predicted molar refractivity (Wildman–Crippen MR) is 70.3 cm³/mol. The van der Waals surface area contributed by atoms with E-state index in [0.717, 1.165) is 19.3 Å². The average Bonchev–Trinajstić information content (AvgIpc) is 2.46. The Morgan fingerprint density at radius 3 is 2.63 bits per heavy atom. The van der Waals surface area contributed by atoms with Gasteiger partial charge in [-0.15, -0.1) is 0 Å². The molecule has 1 saturated carbocycles. The van der Waals surface area contributed by atoms with Crippen molar-refractivity contribution in [3.8, 4) is 0 Å². The summed E-state index contributed by atoms with van der Waals surface area (Å²) in [4.78, 5) is 24.3. The molecule has 0 bridgehead atoms. The van der Waals surface area contributed by atoms with E-state index in [0.29, 0.717) is 6.42 Å². The number of hydrogen-bond acceptors (Lipinski definition) is 4. The van der Waals surface area contributed by atoms with Crippen molar-refractivity contribution >= 4 is 11.9 Å². The number of carbonyl (C=O) groups is 2. The van der Waals surface area contributed by atoms with Crippen LogP contribution in [0.25, 0.3) is 0 Å². The fourth-order valence-corrected chi connectivity index (χ4v) is 3.71. The Labute approximate surface area is 114 Å². The van der Waals surface area contributed by atoms with Gasteiger partial charge in [0.25, 0.3) is 0 Å². The quantitative estimate of drug-likeness (QED) is 0.569. The minimum absolute atomic E-state index is 0.117. The fraction of sp³-hybridized carbons (Fsp3) is 0.733. The van der Waals surface area contributed by atoms with Gasteiger partial charge >= 0.3 is 11.9 Å². The first-order valence-electron chi connectivity index (χ1n) is 6.90. The largest absolute Gasteiger partial charge is 0.469 e. The molecule has 0 aromatic carbocycles. The van der Waals surface area contributed by atoms with E-state index < -0.39 is 11.3 Å². The maximum atomic E-state index is 12.3. The molecule has 19 heavy (non-hydrogen) atoms. The summed E-state index contributed by atoms with van der Waals surface area (Å²) in [6.45, 7) is 1.86. The topological polar surface area (TPSA) is 52.6 Å². The molecule has 1 fully saturated rings. The Morgan fingerprint density at radius 1 is 1.26 bits per heavy atom. The van der Waals surface area contributed by atoms with Crippen molar-refractivity contribution in [2.24, 2.45) is 17.3 Å². The molecule has 4 heteroatoms. The lowest BCUT2D eigenvalue weighted by molar-refractivity contribution is -0.170. The molecule has 3 atom stereocenters. The van der Waals surface area contributed by atoms with Crippen molar-refractivity contribution in [1.82, 2.24) is 0 Å². The minimum Gasteiger partial charge on any atom is -0.469 e. The van der Waals surface area contributed by atoms with Gasteiger partial charge in [-0.1, -0.05) is 18.1 Å². The molecule has 2 aliphatic carbocycles. The van der Waals surface area contributed by atoms with Crippen molar-refractivity contribution in [1.29, 1.82) is 0 Å². The first-order valence-corrected chi connectivity index (χ1v) is 6.90. The highest BCUT2D eigenvalue weighted by molar-refractivity contribution is 5.86. The van der Waals surface area contributed by atoms with E-state index in [2.05, 4.69) is 6.08 Å². The third-order valence-corrected chi connectivity index (χ3v) is 4.83. The van der Waals surface area contributed by atoms with Gasteiger partial charge in [-0.05, 0) is 38.5 Å². The zero-order valence-corrected chi connectivity index (χ0v) is 11.9. The molecule has 0 aromatic rings. The van der Waals surface area contributed by atoms with Crippen LogP contribution in [0.2, 0.25) is 0 Å². The van der Waals surface area contributed by atoms with Crippen molar-refractivity contribution in [2.75, 3.05) is 14.2 Å². The Kier molecular flexibility index (Phi) is 3.97. The number of methoxy groups -OCH3 is 2. The van der Waals surface area contributed by atoms with Gasteiger partial charge in [0, 0.05) is 0 Å². The van der Waals surface area contributed by atoms with Crippen molar-refractivity contribution in [3.63, 3.8) is 0 Å². The van der Waals surface area contributed by atoms with Crippen LogP contribution in [0, 0.1) is 17.3 Å². The van der Waals surface area contributed by atoms with Gasteiger partial charge in [0.15, 0.2) is 0 Å². The van der Waals surface area contributed by atoms with Gasteiger partial charge in [0.1, 0.15) is 0 Å². The van der Waals surface area contributed by atoms with E-state index in [1.165, 1.54) is 26.2 Å². The first kappa shape index (κ1) is 14.1. The second-order valence-electron chi connectivity index (χ2n) is 5.66. The van der Waals surface area contributed by atoms with Crippen molar-refractivity contribution in [2.45, 2.75) is 39.0 Å². The normalized spacial score (nSPS) is 33.9. The number of allylic oxidation sites excluding steroid dienone is 2. The monoisotopic (exact) mass is 266 g/mol. The molecule has 4 nitrogen and oxygen atoms in total. The molecule has 0 heterocycles. The molecular weight excluding hydrogens is 244 g/mol. The number of carbonyl (C=O) groups excluding carboxylic acids is 2. The lowest BCUT2D eigenvalue weighted by Gasteiger charge is -2.45. The van der Waals surface area contributed by atoms with Gasteiger partial charge in [-0.2, -0.15) is 0 Å². The summed E-state index contributed by atoms with van der Waals surface area (Å²) in [6.07, 6.45) is 6.96. The summed E-state index contributed by atoms with van der Waals surface area (Å²) in [7, 11) is 2.77. The van der Waals surface area contributed by atoms with E-state index in [1.54, 1.807) is 0 Å². The van der Waals surface area contributed by atoms with Crippen LogP contribution >= 0.6 is 0 Å². The molecule has 0 saturated heterocycles. The zero-order chi connectivity index (χ0) is 14.0. The van der Waals surface area contributed by atoms with Crippen LogP contribution in [0.4, 0.5) is 0 Å². The first-order chi connectivity index (χ1) is 9.05. The van der Waals surface area contributed by atoms with Crippen LogP contribution < -0.4 is 0 Å². The molecule has 1 unspecified atom stereocenters. The Morgan fingerprint density at radius 2 is 2.00 bits per heavy atom. The standard InChI is InChI=1S/C15H22O4/c1-15(14(17)19-3)11-7-5-4-6-10(11)8-9-12(15)13(16)18-2/h8,11-12H,4-7,9H2,1-3H3/t11?,12-,15+/m1/s1. The van der Waals surface area contributed by atoms with Gasteiger partial charge in [-0.3, -0.25) is 9.59 Å². The highest BCUT2D eigenvalue weighted by Gasteiger charge is 2.54.